The highest BCUT2D eigenvalue weighted by molar-refractivity contribution is 5.78. The van der Waals surface area contributed by atoms with E-state index in [9.17, 15) is 9.59 Å². The lowest BCUT2D eigenvalue weighted by Gasteiger charge is -2.22. The molecule has 0 aromatic carbocycles. The first-order valence-corrected chi connectivity index (χ1v) is 7.85. The smallest absolute Gasteiger partial charge is 0.304 e. The number of carbonyl (C=O) groups is 2. The van der Waals surface area contributed by atoms with Gasteiger partial charge in [0.1, 0.15) is 0 Å². The topological polar surface area (TPSA) is 69.6 Å². The summed E-state index contributed by atoms with van der Waals surface area (Å²) < 4.78 is 0. The summed E-state index contributed by atoms with van der Waals surface area (Å²) in [5, 5.41) is 11.8. The highest BCUT2D eigenvalue weighted by Gasteiger charge is 2.18. The molecule has 0 aromatic rings. The van der Waals surface area contributed by atoms with Crippen LogP contribution in [-0.2, 0) is 9.59 Å². The molecule has 1 fully saturated rings. The van der Waals surface area contributed by atoms with E-state index in [-0.39, 0.29) is 12.3 Å². The molecule has 0 bridgehead atoms. The van der Waals surface area contributed by atoms with Gasteiger partial charge in [0.2, 0.25) is 5.91 Å². The Morgan fingerprint density at radius 1 is 1.20 bits per heavy atom. The first-order chi connectivity index (χ1) is 9.61. The van der Waals surface area contributed by atoms with Crippen LogP contribution in [0.3, 0.4) is 0 Å². The molecule has 1 rings (SSSR count). The van der Waals surface area contributed by atoms with Crippen LogP contribution in [0.25, 0.3) is 0 Å². The quantitative estimate of drug-likeness (QED) is 0.602. The molecule has 5 nitrogen and oxygen atoms in total. The van der Waals surface area contributed by atoms with Crippen molar-refractivity contribution in [1.82, 2.24) is 10.2 Å². The predicted molar refractivity (Wildman–Crippen MR) is 78.6 cm³/mol. The molecule has 0 aliphatic heterocycles. The predicted octanol–water partition coefficient (Wildman–Crippen LogP) is 2.01. The maximum Gasteiger partial charge on any atom is 0.304 e. The fraction of sp³-hybridized carbons (Fsp3) is 0.867. The zero-order valence-corrected chi connectivity index (χ0v) is 12.6. The molecule has 1 amide bonds. The van der Waals surface area contributed by atoms with E-state index in [1.807, 2.05) is 4.90 Å². The zero-order chi connectivity index (χ0) is 14.8. The van der Waals surface area contributed by atoms with E-state index in [4.69, 9.17) is 5.11 Å². The van der Waals surface area contributed by atoms with E-state index in [0.29, 0.717) is 19.1 Å². The Bertz CT molecular complexity index is 301. The van der Waals surface area contributed by atoms with Crippen LogP contribution in [0.2, 0.25) is 0 Å². The van der Waals surface area contributed by atoms with Crippen molar-refractivity contribution in [2.45, 2.75) is 64.3 Å². The summed E-state index contributed by atoms with van der Waals surface area (Å²) in [7, 11) is 0. The maximum absolute atomic E-state index is 12.0. The summed E-state index contributed by atoms with van der Waals surface area (Å²) in [6.07, 6.45) is 7.92. The summed E-state index contributed by atoms with van der Waals surface area (Å²) >= 11 is 0. The van der Waals surface area contributed by atoms with Gasteiger partial charge in [0.05, 0.1) is 13.0 Å². The van der Waals surface area contributed by atoms with Gasteiger partial charge in [0, 0.05) is 12.6 Å². The SMILES string of the molecule is CCCCCN(CCC(=O)O)CC(=O)NC1CCCC1. The van der Waals surface area contributed by atoms with E-state index in [2.05, 4.69) is 12.2 Å². The second-order valence-corrected chi connectivity index (χ2v) is 5.68. The van der Waals surface area contributed by atoms with Crippen LogP contribution in [0.4, 0.5) is 0 Å². The third kappa shape index (κ3) is 7.48. The average Bonchev–Trinajstić information content (AvgIpc) is 2.88. The lowest BCUT2D eigenvalue weighted by Crippen LogP contribution is -2.42. The molecule has 5 heteroatoms. The van der Waals surface area contributed by atoms with Gasteiger partial charge in [-0.1, -0.05) is 32.6 Å². The largest absolute Gasteiger partial charge is 0.481 e. The number of unbranched alkanes of at least 4 members (excludes halogenated alkanes) is 2. The summed E-state index contributed by atoms with van der Waals surface area (Å²) in [6, 6.07) is 0.333. The number of aliphatic carboxylic acids is 1. The Morgan fingerprint density at radius 3 is 2.50 bits per heavy atom. The minimum atomic E-state index is -0.804. The molecule has 0 atom stereocenters. The zero-order valence-electron chi connectivity index (χ0n) is 12.6. The van der Waals surface area contributed by atoms with Gasteiger partial charge in [-0.2, -0.15) is 0 Å². The second-order valence-electron chi connectivity index (χ2n) is 5.68. The number of hydrogen-bond donors (Lipinski definition) is 2. The summed E-state index contributed by atoms with van der Waals surface area (Å²) in [5.74, 6) is -0.763. The minimum absolute atomic E-state index is 0.0405. The Kier molecular flexibility index (Phi) is 8.26. The van der Waals surface area contributed by atoms with Crippen LogP contribution in [0.15, 0.2) is 0 Å². The van der Waals surface area contributed by atoms with Gasteiger partial charge in [-0.15, -0.1) is 0 Å². The van der Waals surface area contributed by atoms with E-state index in [1.54, 1.807) is 0 Å². The summed E-state index contributed by atoms with van der Waals surface area (Å²) in [6.45, 7) is 3.72. The third-order valence-corrected chi connectivity index (χ3v) is 3.81. The number of amides is 1. The molecule has 1 aliphatic rings. The fourth-order valence-corrected chi connectivity index (χ4v) is 2.66. The average molecular weight is 284 g/mol. The van der Waals surface area contributed by atoms with Crippen LogP contribution >= 0.6 is 0 Å². The lowest BCUT2D eigenvalue weighted by molar-refractivity contribution is -0.137. The van der Waals surface area contributed by atoms with Gasteiger partial charge in [-0.05, 0) is 25.8 Å². The highest BCUT2D eigenvalue weighted by atomic mass is 16.4. The van der Waals surface area contributed by atoms with Crippen molar-refractivity contribution < 1.29 is 14.7 Å². The Balaban J connectivity index is 2.31. The van der Waals surface area contributed by atoms with Gasteiger partial charge in [0.15, 0.2) is 0 Å². The van der Waals surface area contributed by atoms with Crippen molar-refractivity contribution in [3.8, 4) is 0 Å². The molecule has 0 spiro atoms. The molecule has 20 heavy (non-hydrogen) atoms. The van der Waals surface area contributed by atoms with Crippen LogP contribution in [0.1, 0.15) is 58.3 Å². The Morgan fingerprint density at radius 2 is 1.90 bits per heavy atom. The first kappa shape index (κ1) is 17.0. The molecular weight excluding hydrogens is 256 g/mol. The molecule has 0 heterocycles. The van der Waals surface area contributed by atoms with Crippen molar-refractivity contribution in [1.29, 1.82) is 0 Å². The number of hydrogen-bond acceptors (Lipinski definition) is 3. The molecule has 0 saturated heterocycles. The second kappa shape index (κ2) is 9.75. The van der Waals surface area contributed by atoms with E-state index in [0.717, 1.165) is 38.6 Å². The van der Waals surface area contributed by atoms with E-state index < -0.39 is 5.97 Å². The van der Waals surface area contributed by atoms with Crippen LogP contribution < -0.4 is 5.32 Å². The molecule has 2 N–H and O–H groups in total. The molecule has 116 valence electrons. The third-order valence-electron chi connectivity index (χ3n) is 3.81. The fourth-order valence-electron chi connectivity index (χ4n) is 2.66. The van der Waals surface area contributed by atoms with Crippen LogP contribution in [-0.4, -0.2) is 47.6 Å². The number of carboxylic acid groups (broad SMARTS) is 1. The van der Waals surface area contributed by atoms with Crippen molar-refractivity contribution in [3.63, 3.8) is 0 Å². The molecular formula is C15H28N2O3. The van der Waals surface area contributed by atoms with Gasteiger partial charge in [-0.3, -0.25) is 14.5 Å². The Labute approximate surface area is 121 Å². The van der Waals surface area contributed by atoms with E-state index in [1.165, 1.54) is 12.8 Å². The van der Waals surface area contributed by atoms with Crippen molar-refractivity contribution in [3.05, 3.63) is 0 Å². The minimum Gasteiger partial charge on any atom is -0.481 e. The Hall–Kier alpha value is -1.10. The highest BCUT2D eigenvalue weighted by Crippen LogP contribution is 2.17. The summed E-state index contributed by atoms with van der Waals surface area (Å²) in [4.78, 5) is 24.6. The van der Waals surface area contributed by atoms with Crippen molar-refractivity contribution in [2.24, 2.45) is 0 Å². The number of carboxylic acids is 1. The van der Waals surface area contributed by atoms with Gasteiger partial charge < -0.3 is 10.4 Å². The standard InChI is InChI=1S/C15H28N2O3/c1-2-3-6-10-17(11-9-15(19)20)12-14(18)16-13-7-4-5-8-13/h13H,2-12H2,1H3,(H,16,18)(H,19,20). The monoisotopic (exact) mass is 284 g/mol. The number of rotatable bonds is 10. The number of nitrogens with one attached hydrogen (secondary N) is 1. The molecule has 1 aliphatic carbocycles. The lowest BCUT2D eigenvalue weighted by atomic mass is 10.2. The summed E-state index contributed by atoms with van der Waals surface area (Å²) in [5.41, 5.74) is 0. The van der Waals surface area contributed by atoms with Crippen molar-refractivity contribution in [2.75, 3.05) is 19.6 Å². The van der Waals surface area contributed by atoms with Crippen molar-refractivity contribution >= 4 is 11.9 Å². The molecule has 0 unspecified atom stereocenters. The normalized spacial score (nSPS) is 15.7. The molecule has 0 aromatic heterocycles. The van der Waals surface area contributed by atoms with Crippen LogP contribution in [0.5, 0.6) is 0 Å². The van der Waals surface area contributed by atoms with Gasteiger partial charge >= 0.3 is 5.97 Å². The first-order valence-electron chi connectivity index (χ1n) is 7.85. The number of nitrogens with zero attached hydrogens (tertiary/aromatic N) is 1. The maximum atomic E-state index is 12.0. The van der Waals surface area contributed by atoms with E-state index >= 15 is 0 Å². The molecule has 1 saturated carbocycles. The van der Waals surface area contributed by atoms with Gasteiger partial charge in [-0.25, -0.2) is 0 Å². The van der Waals surface area contributed by atoms with Crippen LogP contribution in [0, 0.1) is 0 Å². The number of carbonyl (C=O) groups excluding carboxylic acids is 1. The van der Waals surface area contributed by atoms with Gasteiger partial charge in [0.25, 0.3) is 0 Å². The molecule has 0 radical (unpaired) electrons.